The number of anilines is 1. The summed E-state index contributed by atoms with van der Waals surface area (Å²) >= 11 is 0. The van der Waals surface area contributed by atoms with Crippen LogP contribution in [0.1, 0.15) is 29.6 Å². The van der Waals surface area contributed by atoms with E-state index in [-0.39, 0.29) is 5.91 Å². The first-order chi connectivity index (χ1) is 12.6. The van der Waals surface area contributed by atoms with Crippen molar-refractivity contribution >= 4 is 17.5 Å². The molecule has 0 radical (unpaired) electrons. The zero-order valence-corrected chi connectivity index (χ0v) is 14.5. The van der Waals surface area contributed by atoms with E-state index in [1.807, 2.05) is 0 Å². The Hall–Kier alpha value is -2.86. The maximum absolute atomic E-state index is 12.0. The third-order valence-electron chi connectivity index (χ3n) is 4.43. The summed E-state index contributed by atoms with van der Waals surface area (Å²) in [5.41, 5.74) is 6.40. The van der Waals surface area contributed by atoms with Crippen molar-refractivity contribution in [3.8, 4) is 11.5 Å². The van der Waals surface area contributed by atoms with Crippen molar-refractivity contribution < 1.29 is 14.3 Å². The highest BCUT2D eigenvalue weighted by molar-refractivity contribution is 5.93. The van der Waals surface area contributed by atoms with Crippen molar-refractivity contribution in [1.82, 2.24) is 5.32 Å². The summed E-state index contributed by atoms with van der Waals surface area (Å²) in [6.45, 7) is 2.06. The van der Waals surface area contributed by atoms with Crippen molar-refractivity contribution in [3.05, 3.63) is 54.1 Å². The normalized spacial score (nSPS) is 16.2. The molecular formula is C20H23N3O3. The van der Waals surface area contributed by atoms with E-state index in [0.29, 0.717) is 29.4 Å². The lowest BCUT2D eigenvalue weighted by Crippen LogP contribution is -2.14. The number of carbonyl (C=O) groups is 2. The number of carbonyl (C=O) groups excluding carboxylic acids is 2. The summed E-state index contributed by atoms with van der Waals surface area (Å²) in [7, 11) is 0. The Balaban J connectivity index is 1.52. The standard InChI is InChI=1S/C20H23N3O3/c21-20(25)15-2-1-3-18(12-15)26-17-7-5-16(6-8-17)23-19(24)9-4-14-10-11-22-13-14/h1-3,5-8,12,14,22H,4,9-11,13H2,(H2,21,25)(H,23,24). The Kier molecular flexibility index (Phi) is 5.86. The molecule has 0 saturated carbocycles. The van der Waals surface area contributed by atoms with Gasteiger partial charge in [0, 0.05) is 17.7 Å². The van der Waals surface area contributed by atoms with E-state index in [4.69, 9.17) is 10.5 Å². The summed E-state index contributed by atoms with van der Waals surface area (Å²) in [4.78, 5) is 23.3. The molecule has 1 aliphatic rings. The Morgan fingerprint density at radius 3 is 2.65 bits per heavy atom. The lowest BCUT2D eigenvalue weighted by atomic mass is 10.0. The molecule has 1 atom stereocenters. The van der Waals surface area contributed by atoms with Gasteiger partial charge in [-0.15, -0.1) is 0 Å². The van der Waals surface area contributed by atoms with Gasteiger partial charge in [-0.05, 0) is 74.3 Å². The molecule has 2 amide bonds. The molecule has 0 aliphatic carbocycles. The molecule has 1 unspecified atom stereocenters. The van der Waals surface area contributed by atoms with Gasteiger partial charge in [0.2, 0.25) is 11.8 Å². The summed E-state index contributed by atoms with van der Waals surface area (Å²) < 4.78 is 5.72. The average molecular weight is 353 g/mol. The molecule has 1 heterocycles. The second kappa shape index (κ2) is 8.49. The van der Waals surface area contributed by atoms with Crippen molar-refractivity contribution in [2.24, 2.45) is 11.7 Å². The number of nitrogens with one attached hydrogen (secondary N) is 2. The van der Waals surface area contributed by atoms with E-state index in [0.717, 1.165) is 31.6 Å². The summed E-state index contributed by atoms with van der Waals surface area (Å²) in [6, 6.07) is 13.8. The van der Waals surface area contributed by atoms with Crippen molar-refractivity contribution in [2.45, 2.75) is 19.3 Å². The van der Waals surface area contributed by atoms with E-state index in [1.165, 1.54) is 0 Å². The van der Waals surface area contributed by atoms with Crippen LogP contribution in [0.2, 0.25) is 0 Å². The van der Waals surface area contributed by atoms with Gasteiger partial charge in [0.25, 0.3) is 0 Å². The van der Waals surface area contributed by atoms with Crippen molar-refractivity contribution in [2.75, 3.05) is 18.4 Å². The Bertz CT molecular complexity index is 768. The second-order valence-electron chi connectivity index (χ2n) is 6.46. The second-order valence-corrected chi connectivity index (χ2v) is 6.46. The van der Waals surface area contributed by atoms with Crippen LogP contribution in [-0.4, -0.2) is 24.9 Å². The number of primary amides is 1. The van der Waals surface area contributed by atoms with Gasteiger partial charge in [0.15, 0.2) is 0 Å². The molecule has 6 nitrogen and oxygen atoms in total. The molecule has 1 saturated heterocycles. The molecule has 0 spiro atoms. The van der Waals surface area contributed by atoms with Crippen LogP contribution in [0.4, 0.5) is 5.69 Å². The molecule has 26 heavy (non-hydrogen) atoms. The number of amides is 2. The van der Waals surface area contributed by atoms with Crippen molar-refractivity contribution in [3.63, 3.8) is 0 Å². The van der Waals surface area contributed by atoms with E-state index in [9.17, 15) is 9.59 Å². The fourth-order valence-corrected chi connectivity index (χ4v) is 2.97. The predicted molar refractivity (Wildman–Crippen MR) is 100 cm³/mol. The van der Waals surface area contributed by atoms with Crippen LogP contribution < -0.4 is 21.1 Å². The third kappa shape index (κ3) is 5.07. The van der Waals surface area contributed by atoms with Gasteiger partial charge in [-0.2, -0.15) is 0 Å². The molecule has 2 aromatic carbocycles. The highest BCUT2D eigenvalue weighted by Crippen LogP contribution is 2.24. The number of hydrogen-bond donors (Lipinski definition) is 3. The van der Waals surface area contributed by atoms with Gasteiger partial charge in [-0.3, -0.25) is 9.59 Å². The van der Waals surface area contributed by atoms with Crippen molar-refractivity contribution in [1.29, 1.82) is 0 Å². The van der Waals surface area contributed by atoms with Crippen LogP contribution in [0.5, 0.6) is 11.5 Å². The Morgan fingerprint density at radius 1 is 1.15 bits per heavy atom. The Labute approximate surface area is 152 Å². The first-order valence-corrected chi connectivity index (χ1v) is 8.78. The Morgan fingerprint density at radius 2 is 1.96 bits per heavy atom. The van der Waals surface area contributed by atoms with E-state index in [1.54, 1.807) is 48.5 Å². The largest absolute Gasteiger partial charge is 0.457 e. The fraction of sp³-hybridized carbons (Fsp3) is 0.300. The molecule has 3 rings (SSSR count). The molecule has 0 aromatic heterocycles. The maximum atomic E-state index is 12.0. The molecule has 6 heteroatoms. The molecule has 136 valence electrons. The summed E-state index contributed by atoms with van der Waals surface area (Å²) in [5.74, 6) is 1.28. The number of hydrogen-bond acceptors (Lipinski definition) is 4. The van der Waals surface area contributed by atoms with E-state index >= 15 is 0 Å². The van der Waals surface area contributed by atoms with Crippen LogP contribution in [0.25, 0.3) is 0 Å². The SMILES string of the molecule is NC(=O)c1cccc(Oc2ccc(NC(=O)CCC3CCNC3)cc2)c1. The number of ether oxygens (including phenoxy) is 1. The molecular weight excluding hydrogens is 330 g/mol. The minimum atomic E-state index is -0.498. The maximum Gasteiger partial charge on any atom is 0.248 e. The van der Waals surface area contributed by atoms with Gasteiger partial charge in [0.05, 0.1) is 0 Å². The monoisotopic (exact) mass is 353 g/mol. The lowest BCUT2D eigenvalue weighted by molar-refractivity contribution is -0.116. The van der Waals surface area contributed by atoms with Crippen LogP contribution in [0, 0.1) is 5.92 Å². The molecule has 4 N–H and O–H groups in total. The smallest absolute Gasteiger partial charge is 0.248 e. The van der Waals surface area contributed by atoms with Gasteiger partial charge in [0.1, 0.15) is 11.5 Å². The third-order valence-corrected chi connectivity index (χ3v) is 4.43. The lowest BCUT2D eigenvalue weighted by Gasteiger charge is -2.10. The first-order valence-electron chi connectivity index (χ1n) is 8.78. The van der Waals surface area contributed by atoms with Gasteiger partial charge >= 0.3 is 0 Å². The fourth-order valence-electron chi connectivity index (χ4n) is 2.97. The quantitative estimate of drug-likeness (QED) is 0.713. The summed E-state index contributed by atoms with van der Waals surface area (Å²) in [5, 5.41) is 6.22. The van der Waals surface area contributed by atoms with Gasteiger partial charge < -0.3 is 21.1 Å². The average Bonchev–Trinajstić information content (AvgIpc) is 3.15. The van der Waals surface area contributed by atoms with E-state index < -0.39 is 5.91 Å². The molecule has 1 aliphatic heterocycles. The predicted octanol–water partition coefficient (Wildman–Crippen LogP) is 2.91. The van der Waals surface area contributed by atoms with Crippen LogP contribution in [0.3, 0.4) is 0 Å². The number of rotatable bonds is 7. The summed E-state index contributed by atoms with van der Waals surface area (Å²) in [6.07, 6.45) is 2.59. The zero-order chi connectivity index (χ0) is 18.4. The minimum Gasteiger partial charge on any atom is -0.457 e. The highest BCUT2D eigenvalue weighted by Gasteiger charge is 2.15. The minimum absolute atomic E-state index is 0.0275. The van der Waals surface area contributed by atoms with Crippen LogP contribution in [0.15, 0.2) is 48.5 Å². The first kappa shape index (κ1) is 17.9. The molecule has 1 fully saturated rings. The van der Waals surface area contributed by atoms with Gasteiger partial charge in [-0.1, -0.05) is 6.07 Å². The molecule has 2 aromatic rings. The topological polar surface area (TPSA) is 93.5 Å². The van der Waals surface area contributed by atoms with Crippen LogP contribution in [-0.2, 0) is 4.79 Å². The number of benzene rings is 2. The van der Waals surface area contributed by atoms with Crippen LogP contribution >= 0.6 is 0 Å². The zero-order valence-electron chi connectivity index (χ0n) is 14.5. The van der Waals surface area contributed by atoms with Gasteiger partial charge in [-0.25, -0.2) is 0 Å². The highest BCUT2D eigenvalue weighted by atomic mass is 16.5. The number of nitrogens with two attached hydrogens (primary N) is 1. The van der Waals surface area contributed by atoms with E-state index in [2.05, 4.69) is 10.6 Å². The molecule has 0 bridgehead atoms.